The first kappa shape index (κ1) is 10.7. The van der Waals surface area contributed by atoms with Gasteiger partial charge in [-0.05, 0) is 32.0 Å². The normalized spacial score (nSPS) is 10.9. The van der Waals surface area contributed by atoms with E-state index in [2.05, 4.69) is 30.3 Å². The summed E-state index contributed by atoms with van der Waals surface area (Å²) < 4.78 is 5.35. The van der Waals surface area contributed by atoms with Crippen LogP contribution in [0.5, 0.6) is 0 Å². The van der Waals surface area contributed by atoms with E-state index in [-0.39, 0.29) is 0 Å². The van der Waals surface area contributed by atoms with E-state index in [1.165, 1.54) is 15.3 Å². The largest absolute Gasteiger partial charge is 0.462 e. The standard InChI is InChI=1S/C13H11NOS2/c1-8-6-10(9(2)17-8)11-7-16-13(14-11)12-4-3-5-15-12/h3-7H,1-2H3. The molecule has 0 unspecified atom stereocenters. The lowest BCUT2D eigenvalue weighted by molar-refractivity contribution is 0.582. The number of rotatable bonds is 2. The van der Waals surface area contributed by atoms with Crippen LogP contribution in [0.25, 0.3) is 22.0 Å². The molecule has 0 aliphatic rings. The summed E-state index contributed by atoms with van der Waals surface area (Å²) in [6, 6.07) is 6.02. The molecule has 3 aromatic rings. The van der Waals surface area contributed by atoms with Crippen LogP contribution in [-0.2, 0) is 0 Å². The van der Waals surface area contributed by atoms with Gasteiger partial charge in [0.15, 0.2) is 10.8 Å². The molecule has 0 atom stereocenters. The van der Waals surface area contributed by atoms with E-state index in [9.17, 15) is 0 Å². The van der Waals surface area contributed by atoms with Crippen LogP contribution < -0.4 is 0 Å². The molecular formula is C13H11NOS2. The molecule has 4 heteroatoms. The molecule has 3 heterocycles. The second-order valence-corrected chi connectivity index (χ2v) is 6.16. The minimum atomic E-state index is 0.839. The van der Waals surface area contributed by atoms with Crippen molar-refractivity contribution in [1.82, 2.24) is 4.98 Å². The molecule has 0 amide bonds. The molecule has 0 fully saturated rings. The van der Waals surface area contributed by atoms with Crippen LogP contribution in [0.3, 0.4) is 0 Å². The Kier molecular flexibility index (Phi) is 2.61. The summed E-state index contributed by atoms with van der Waals surface area (Å²) in [6.07, 6.45) is 1.68. The third kappa shape index (κ3) is 1.94. The summed E-state index contributed by atoms with van der Waals surface area (Å²) in [4.78, 5) is 7.27. The van der Waals surface area contributed by atoms with Gasteiger partial charge in [-0.25, -0.2) is 4.98 Å². The Hall–Kier alpha value is -1.39. The number of aryl methyl sites for hydroxylation is 2. The SMILES string of the molecule is Cc1cc(-c2csc(-c3ccco3)n2)c(C)s1. The first-order valence-corrected chi connectivity index (χ1v) is 7.00. The zero-order chi connectivity index (χ0) is 11.8. The first-order valence-electron chi connectivity index (χ1n) is 5.31. The Balaban J connectivity index is 2.03. The highest BCUT2D eigenvalue weighted by Crippen LogP contribution is 2.34. The van der Waals surface area contributed by atoms with Gasteiger partial charge in [-0.15, -0.1) is 22.7 Å². The van der Waals surface area contributed by atoms with Crippen LogP contribution in [0.15, 0.2) is 34.3 Å². The van der Waals surface area contributed by atoms with Crippen molar-refractivity contribution in [1.29, 1.82) is 0 Å². The van der Waals surface area contributed by atoms with Gasteiger partial charge in [0.25, 0.3) is 0 Å². The molecule has 0 spiro atoms. The van der Waals surface area contributed by atoms with Gasteiger partial charge in [0.2, 0.25) is 0 Å². The lowest BCUT2D eigenvalue weighted by Gasteiger charge is -1.92. The van der Waals surface area contributed by atoms with Crippen molar-refractivity contribution in [2.75, 3.05) is 0 Å². The van der Waals surface area contributed by atoms with Gasteiger partial charge in [0, 0.05) is 20.7 Å². The quantitative estimate of drug-likeness (QED) is 0.665. The Labute approximate surface area is 108 Å². The molecule has 0 saturated heterocycles. The molecule has 17 heavy (non-hydrogen) atoms. The fraction of sp³-hybridized carbons (Fsp3) is 0.154. The fourth-order valence-corrected chi connectivity index (χ4v) is 3.52. The van der Waals surface area contributed by atoms with Crippen molar-refractivity contribution in [3.63, 3.8) is 0 Å². The Bertz CT molecular complexity index is 634. The van der Waals surface area contributed by atoms with E-state index < -0.39 is 0 Å². The van der Waals surface area contributed by atoms with Gasteiger partial charge in [0.1, 0.15) is 0 Å². The average Bonchev–Trinajstić information content (AvgIpc) is 2.97. The van der Waals surface area contributed by atoms with Gasteiger partial charge >= 0.3 is 0 Å². The highest BCUT2D eigenvalue weighted by Gasteiger charge is 2.11. The van der Waals surface area contributed by atoms with Crippen LogP contribution in [0.2, 0.25) is 0 Å². The van der Waals surface area contributed by atoms with Gasteiger partial charge in [-0.3, -0.25) is 0 Å². The average molecular weight is 261 g/mol. The molecule has 0 aliphatic heterocycles. The van der Waals surface area contributed by atoms with Crippen molar-refractivity contribution in [3.8, 4) is 22.0 Å². The van der Waals surface area contributed by atoms with Gasteiger partial charge in [-0.1, -0.05) is 0 Å². The number of aromatic nitrogens is 1. The predicted octanol–water partition coefficient (Wildman–Crippen LogP) is 4.75. The Morgan fingerprint density at radius 3 is 2.82 bits per heavy atom. The maximum absolute atomic E-state index is 5.35. The van der Waals surface area contributed by atoms with E-state index in [1.807, 2.05) is 23.5 Å². The summed E-state index contributed by atoms with van der Waals surface area (Å²) in [6.45, 7) is 4.26. The Morgan fingerprint density at radius 1 is 1.29 bits per heavy atom. The third-order valence-electron chi connectivity index (χ3n) is 2.55. The van der Waals surface area contributed by atoms with Crippen LogP contribution >= 0.6 is 22.7 Å². The molecule has 0 aromatic carbocycles. The summed E-state index contributed by atoms with van der Waals surface area (Å²) in [5, 5.41) is 3.03. The topological polar surface area (TPSA) is 26.0 Å². The second kappa shape index (κ2) is 4.13. The van der Waals surface area contributed by atoms with Crippen molar-refractivity contribution < 1.29 is 4.42 Å². The lowest BCUT2D eigenvalue weighted by atomic mass is 10.2. The van der Waals surface area contributed by atoms with Gasteiger partial charge < -0.3 is 4.42 Å². The Morgan fingerprint density at radius 2 is 2.18 bits per heavy atom. The zero-order valence-corrected chi connectivity index (χ0v) is 11.2. The highest BCUT2D eigenvalue weighted by atomic mass is 32.1. The van der Waals surface area contributed by atoms with Crippen LogP contribution in [0, 0.1) is 13.8 Å². The molecule has 3 rings (SSSR count). The molecule has 0 aliphatic carbocycles. The number of hydrogen-bond donors (Lipinski definition) is 0. The molecule has 0 radical (unpaired) electrons. The smallest absolute Gasteiger partial charge is 0.162 e. The molecule has 2 nitrogen and oxygen atoms in total. The monoisotopic (exact) mass is 261 g/mol. The van der Waals surface area contributed by atoms with E-state index in [0.29, 0.717) is 0 Å². The number of furan rings is 1. The molecule has 0 bridgehead atoms. The number of thiophene rings is 1. The van der Waals surface area contributed by atoms with Crippen molar-refractivity contribution in [2.24, 2.45) is 0 Å². The fourth-order valence-electron chi connectivity index (χ4n) is 1.80. The lowest BCUT2D eigenvalue weighted by Crippen LogP contribution is -1.77. The van der Waals surface area contributed by atoms with E-state index in [4.69, 9.17) is 4.42 Å². The van der Waals surface area contributed by atoms with Crippen LogP contribution in [-0.4, -0.2) is 4.98 Å². The summed E-state index contributed by atoms with van der Waals surface area (Å²) >= 11 is 3.43. The molecule has 0 saturated carbocycles. The summed E-state index contributed by atoms with van der Waals surface area (Å²) in [5.41, 5.74) is 2.28. The maximum atomic E-state index is 5.35. The summed E-state index contributed by atoms with van der Waals surface area (Å²) in [5.74, 6) is 0.839. The number of thiazole rings is 1. The first-order chi connectivity index (χ1) is 8.24. The van der Waals surface area contributed by atoms with Crippen molar-refractivity contribution >= 4 is 22.7 Å². The molecule has 86 valence electrons. The minimum absolute atomic E-state index is 0.839. The molecule has 3 aromatic heterocycles. The van der Waals surface area contributed by atoms with Gasteiger partial charge in [-0.2, -0.15) is 0 Å². The third-order valence-corrected chi connectivity index (χ3v) is 4.38. The number of nitrogens with zero attached hydrogens (tertiary/aromatic N) is 1. The zero-order valence-electron chi connectivity index (χ0n) is 9.56. The van der Waals surface area contributed by atoms with E-state index in [0.717, 1.165) is 16.5 Å². The van der Waals surface area contributed by atoms with Crippen LogP contribution in [0.1, 0.15) is 9.75 Å². The van der Waals surface area contributed by atoms with E-state index >= 15 is 0 Å². The van der Waals surface area contributed by atoms with E-state index in [1.54, 1.807) is 17.6 Å². The highest BCUT2D eigenvalue weighted by molar-refractivity contribution is 7.13. The number of hydrogen-bond acceptors (Lipinski definition) is 4. The van der Waals surface area contributed by atoms with Gasteiger partial charge in [0.05, 0.1) is 12.0 Å². The maximum Gasteiger partial charge on any atom is 0.162 e. The second-order valence-electron chi connectivity index (χ2n) is 3.84. The van der Waals surface area contributed by atoms with Crippen molar-refractivity contribution in [3.05, 3.63) is 39.6 Å². The minimum Gasteiger partial charge on any atom is -0.462 e. The predicted molar refractivity (Wildman–Crippen MR) is 72.6 cm³/mol. The molecule has 0 N–H and O–H groups in total. The molecular weight excluding hydrogens is 250 g/mol. The van der Waals surface area contributed by atoms with Crippen LogP contribution in [0.4, 0.5) is 0 Å². The summed E-state index contributed by atoms with van der Waals surface area (Å²) in [7, 11) is 0. The van der Waals surface area contributed by atoms with Crippen molar-refractivity contribution in [2.45, 2.75) is 13.8 Å².